The number of methoxy groups -OCH3 is 4. The molecule has 0 amide bonds. The molecule has 1 aromatic carbocycles. The molecule has 1 aliphatic carbocycles. The molecule has 0 unspecified atom stereocenters. The number of aromatic hydroxyl groups is 1. The predicted octanol–water partition coefficient (Wildman–Crippen LogP) is 2.21. The molecule has 0 spiro atoms. The SMILES string of the molecule is COCCOC(=O)C1=C(C)NC2=C(C(=O)[C@H](C(=O)OC)[C@@H](C)C2)[C@H]1c1cc(OC)c(O)c(OC)c1. The third kappa shape index (κ3) is 4.84. The molecule has 0 saturated heterocycles. The van der Waals surface area contributed by atoms with Gasteiger partial charge < -0.3 is 34.1 Å². The van der Waals surface area contributed by atoms with Gasteiger partial charge in [-0.2, -0.15) is 0 Å². The highest BCUT2D eigenvalue weighted by atomic mass is 16.6. The Hall–Kier alpha value is -3.53. The zero-order chi connectivity index (χ0) is 25.9. The van der Waals surface area contributed by atoms with Crippen molar-refractivity contribution >= 4 is 17.7 Å². The van der Waals surface area contributed by atoms with E-state index in [-0.39, 0.29) is 47.5 Å². The largest absolute Gasteiger partial charge is 0.502 e. The Bertz CT molecular complexity index is 1060. The number of hydrogen-bond donors (Lipinski definition) is 2. The smallest absolute Gasteiger partial charge is 0.336 e. The standard InChI is InChI=1S/C25H31NO9/c1-12-9-15-21(23(28)18(12)24(29)34-6)20(14-10-16(32-4)22(27)17(11-14)33-5)19(13(2)26-15)25(30)35-8-7-31-3/h10-12,18,20,26-27H,7-9H2,1-6H3/t12-,18+,20-/m0/s1. The van der Waals surface area contributed by atoms with Gasteiger partial charge in [-0.1, -0.05) is 6.92 Å². The van der Waals surface area contributed by atoms with Crippen molar-refractivity contribution in [3.05, 3.63) is 40.2 Å². The second-order valence-corrected chi connectivity index (χ2v) is 8.44. The molecule has 1 aliphatic heterocycles. The third-order valence-electron chi connectivity index (χ3n) is 6.32. The molecule has 3 rings (SSSR count). The van der Waals surface area contributed by atoms with Gasteiger partial charge in [-0.3, -0.25) is 9.59 Å². The lowest BCUT2D eigenvalue weighted by atomic mass is 9.69. The minimum absolute atomic E-state index is 0.0166. The van der Waals surface area contributed by atoms with Crippen LogP contribution in [0.5, 0.6) is 17.2 Å². The van der Waals surface area contributed by atoms with Crippen LogP contribution < -0.4 is 14.8 Å². The van der Waals surface area contributed by atoms with Gasteiger partial charge in [0.2, 0.25) is 5.75 Å². The van der Waals surface area contributed by atoms with Crippen molar-refractivity contribution in [2.75, 3.05) is 41.7 Å². The van der Waals surface area contributed by atoms with E-state index in [2.05, 4.69) is 5.32 Å². The monoisotopic (exact) mass is 489 g/mol. The molecular weight excluding hydrogens is 458 g/mol. The second-order valence-electron chi connectivity index (χ2n) is 8.44. The summed E-state index contributed by atoms with van der Waals surface area (Å²) >= 11 is 0. The van der Waals surface area contributed by atoms with Crippen LogP contribution in [0.3, 0.4) is 0 Å². The number of carbonyl (C=O) groups excluding carboxylic acids is 3. The molecule has 35 heavy (non-hydrogen) atoms. The second kappa shape index (κ2) is 10.8. The van der Waals surface area contributed by atoms with Crippen LogP contribution in [0.25, 0.3) is 0 Å². The molecule has 0 saturated carbocycles. The average molecular weight is 490 g/mol. The fourth-order valence-corrected chi connectivity index (χ4v) is 4.66. The molecule has 1 heterocycles. The molecule has 0 bridgehead atoms. The number of phenols is 1. The minimum Gasteiger partial charge on any atom is -0.502 e. The van der Waals surface area contributed by atoms with Gasteiger partial charge in [-0.15, -0.1) is 0 Å². The Labute approximate surface area is 203 Å². The predicted molar refractivity (Wildman–Crippen MR) is 124 cm³/mol. The van der Waals surface area contributed by atoms with E-state index in [1.165, 1.54) is 40.6 Å². The van der Waals surface area contributed by atoms with Gasteiger partial charge in [0.15, 0.2) is 17.3 Å². The van der Waals surface area contributed by atoms with Gasteiger partial charge in [0.1, 0.15) is 12.5 Å². The Morgan fingerprint density at radius 3 is 2.26 bits per heavy atom. The van der Waals surface area contributed by atoms with E-state index < -0.39 is 29.6 Å². The summed E-state index contributed by atoms with van der Waals surface area (Å²) in [6.07, 6.45) is 0.396. The molecule has 2 N–H and O–H groups in total. The van der Waals surface area contributed by atoms with Crippen molar-refractivity contribution in [1.29, 1.82) is 0 Å². The molecule has 10 nitrogen and oxygen atoms in total. The molecule has 2 aliphatic rings. The van der Waals surface area contributed by atoms with Crippen LogP contribution in [0, 0.1) is 11.8 Å². The van der Waals surface area contributed by atoms with E-state index in [9.17, 15) is 19.5 Å². The summed E-state index contributed by atoms with van der Waals surface area (Å²) in [4.78, 5) is 39.5. The summed E-state index contributed by atoms with van der Waals surface area (Å²) in [5.74, 6) is -3.97. The lowest BCUT2D eigenvalue weighted by Gasteiger charge is -2.38. The number of allylic oxidation sites excluding steroid dienone is 3. The van der Waals surface area contributed by atoms with Crippen LogP contribution in [0.1, 0.15) is 31.7 Å². The Morgan fingerprint density at radius 1 is 1.09 bits per heavy atom. The quantitative estimate of drug-likeness (QED) is 0.318. The minimum atomic E-state index is -1.02. The molecular formula is C25H31NO9. The van der Waals surface area contributed by atoms with E-state index in [0.29, 0.717) is 23.4 Å². The van der Waals surface area contributed by atoms with Crippen LogP contribution in [-0.2, 0) is 28.6 Å². The molecule has 0 radical (unpaired) electrons. The van der Waals surface area contributed by atoms with Crippen molar-refractivity contribution < 1.29 is 43.2 Å². The van der Waals surface area contributed by atoms with E-state index >= 15 is 0 Å². The maximum atomic E-state index is 13.8. The molecule has 1 aromatic rings. The summed E-state index contributed by atoms with van der Waals surface area (Å²) in [7, 11) is 5.49. The van der Waals surface area contributed by atoms with Gasteiger partial charge in [-0.25, -0.2) is 4.79 Å². The highest BCUT2D eigenvalue weighted by molar-refractivity contribution is 6.12. The first-order valence-electron chi connectivity index (χ1n) is 11.1. The van der Waals surface area contributed by atoms with Crippen molar-refractivity contribution in [1.82, 2.24) is 5.32 Å². The number of benzene rings is 1. The van der Waals surface area contributed by atoms with Crippen molar-refractivity contribution in [2.24, 2.45) is 11.8 Å². The number of phenolic OH excluding ortho intramolecular Hbond substituents is 1. The van der Waals surface area contributed by atoms with E-state index in [1.807, 2.05) is 0 Å². The van der Waals surface area contributed by atoms with E-state index in [0.717, 1.165) is 0 Å². The Morgan fingerprint density at radius 2 is 1.71 bits per heavy atom. The normalized spacial score (nSPS) is 21.8. The first-order chi connectivity index (χ1) is 16.7. The van der Waals surface area contributed by atoms with E-state index in [1.54, 1.807) is 13.8 Å². The summed E-state index contributed by atoms with van der Waals surface area (Å²) in [6, 6.07) is 3.07. The molecule has 0 aromatic heterocycles. The average Bonchev–Trinajstić information content (AvgIpc) is 2.83. The van der Waals surface area contributed by atoms with Gasteiger partial charge in [0.25, 0.3) is 0 Å². The van der Waals surface area contributed by atoms with Crippen molar-refractivity contribution in [3.8, 4) is 17.2 Å². The first-order valence-corrected chi connectivity index (χ1v) is 11.1. The highest BCUT2D eigenvalue weighted by Gasteiger charge is 2.47. The summed E-state index contributed by atoms with van der Waals surface area (Å²) in [5.41, 5.74) is 2.04. The summed E-state index contributed by atoms with van der Waals surface area (Å²) in [6.45, 7) is 3.74. The zero-order valence-electron chi connectivity index (χ0n) is 20.7. The number of esters is 2. The number of Topliss-reactive ketones (excluding diaryl/α,β-unsaturated/α-hetero) is 1. The summed E-state index contributed by atoms with van der Waals surface area (Å²) < 4.78 is 25.9. The number of ketones is 1. The van der Waals surface area contributed by atoms with Crippen LogP contribution >= 0.6 is 0 Å². The molecule has 10 heteroatoms. The topological polar surface area (TPSA) is 130 Å². The number of ether oxygens (including phenoxy) is 5. The number of hydrogen-bond acceptors (Lipinski definition) is 10. The fraction of sp³-hybridized carbons (Fsp3) is 0.480. The maximum absolute atomic E-state index is 13.8. The van der Waals surface area contributed by atoms with Crippen LogP contribution in [-0.4, -0.2) is 64.5 Å². The zero-order valence-corrected chi connectivity index (χ0v) is 20.7. The number of rotatable bonds is 8. The highest BCUT2D eigenvalue weighted by Crippen LogP contribution is 2.48. The lowest BCUT2D eigenvalue weighted by Crippen LogP contribution is -2.43. The van der Waals surface area contributed by atoms with Crippen LogP contribution in [0.15, 0.2) is 34.7 Å². The van der Waals surface area contributed by atoms with Crippen LogP contribution in [0.2, 0.25) is 0 Å². The van der Waals surface area contributed by atoms with Gasteiger partial charge in [-0.05, 0) is 37.0 Å². The maximum Gasteiger partial charge on any atom is 0.336 e. The van der Waals surface area contributed by atoms with E-state index in [4.69, 9.17) is 23.7 Å². The Balaban J connectivity index is 2.23. The Kier molecular flexibility index (Phi) is 8.06. The molecule has 190 valence electrons. The molecule has 0 fully saturated rings. The number of carbonyl (C=O) groups is 3. The third-order valence-corrected chi connectivity index (χ3v) is 6.32. The van der Waals surface area contributed by atoms with Crippen molar-refractivity contribution in [2.45, 2.75) is 26.2 Å². The summed E-state index contributed by atoms with van der Waals surface area (Å²) in [5, 5.41) is 13.6. The van der Waals surface area contributed by atoms with Gasteiger partial charge in [0.05, 0.1) is 33.5 Å². The van der Waals surface area contributed by atoms with Crippen molar-refractivity contribution in [3.63, 3.8) is 0 Å². The lowest BCUT2D eigenvalue weighted by molar-refractivity contribution is -0.151. The first kappa shape index (κ1) is 26.1. The van der Waals surface area contributed by atoms with Gasteiger partial charge >= 0.3 is 11.9 Å². The van der Waals surface area contributed by atoms with Gasteiger partial charge in [0, 0.05) is 30.0 Å². The number of dihydropyridines is 1. The van der Waals surface area contributed by atoms with Crippen LogP contribution in [0.4, 0.5) is 0 Å². The number of nitrogens with one attached hydrogen (secondary N) is 1. The molecule has 3 atom stereocenters. The fourth-order valence-electron chi connectivity index (χ4n) is 4.66.